The Kier molecular flexibility index (Phi) is 5.84. The van der Waals surface area contributed by atoms with Gasteiger partial charge in [0.25, 0.3) is 0 Å². The zero-order chi connectivity index (χ0) is 20.1. The SMILES string of the molecule is C#CCN(C[C@H]1CCCO1)C(=O)Nc1ccc(-n2nncc2C(F)(F)F)cc1. The van der Waals surface area contributed by atoms with Gasteiger partial charge in [-0.1, -0.05) is 11.1 Å². The van der Waals surface area contributed by atoms with E-state index < -0.39 is 17.9 Å². The first kappa shape index (κ1) is 19.7. The number of amides is 2. The van der Waals surface area contributed by atoms with Crippen molar-refractivity contribution in [2.24, 2.45) is 0 Å². The second-order valence-corrected chi connectivity index (χ2v) is 6.23. The van der Waals surface area contributed by atoms with Crippen LogP contribution in [0.4, 0.5) is 23.7 Å². The molecule has 1 aliphatic heterocycles. The van der Waals surface area contributed by atoms with Crippen LogP contribution in [0.1, 0.15) is 18.5 Å². The number of ether oxygens (including phenoxy) is 1. The molecule has 2 amide bonds. The zero-order valence-corrected chi connectivity index (χ0v) is 14.8. The number of carbonyl (C=O) groups excluding carboxylic acids is 1. The van der Waals surface area contributed by atoms with Crippen LogP contribution in [0.3, 0.4) is 0 Å². The van der Waals surface area contributed by atoms with Gasteiger partial charge >= 0.3 is 12.2 Å². The molecule has 10 heteroatoms. The third kappa shape index (κ3) is 4.61. The molecule has 1 fully saturated rings. The fourth-order valence-electron chi connectivity index (χ4n) is 2.87. The lowest BCUT2D eigenvalue weighted by atomic mass is 10.2. The molecule has 1 aromatic heterocycles. The van der Waals surface area contributed by atoms with E-state index in [-0.39, 0.29) is 18.3 Å². The van der Waals surface area contributed by atoms with Crippen LogP contribution < -0.4 is 5.32 Å². The van der Waals surface area contributed by atoms with Crippen molar-refractivity contribution in [3.8, 4) is 18.0 Å². The van der Waals surface area contributed by atoms with Crippen molar-refractivity contribution in [2.45, 2.75) is 25.1 Å². The molecule has 0 bridgehead atoms. The Bertz CT molecular complexity index is 851. The summed E-state index contributed by atoms with van der Waals surface area (Å²) in [6, 6.07) is 5.37. The summed E-state index contributed by atoms with van der Waals surface area (Å²) < 4.78 is 45.1. The van der Waals surface area contributed by atoms with Gasteiger partial charge in [0.15, 0.2) is 5.69 Å². The van der Waals surface area contributed by atoms with Gasteiger partial charge in [-0.25, -0.2) is 9.48 Å². The summed E-state index contributed by atoms with van der Waals surface area (Å²) in [5.74, 6) is 2.44. The van der Waals surface area contributed by atoms with Crippen molar-refractivity contribution in [1.29, 1.82) is 0 Å². The van der Waals surface area contributed by atoms with Gasteiger partial charge in [-0.3, -0.25) is 0 Å². The summed E-state index contributed by atoms with van der Waals surface area (Å²) in [5, 5.41) is 9.47. The molecule has 7 nitrogen and oxygen atoms in total. The molecule has 148 valence electrons. The van der Waals surface area contributed by atoms with Gasteiger partial charge in [-0.15, -0.1) is 11.5 Å². The molecule has 3 rings (SSSR count). The molecular weight excluding hydrogens is 375 g/mol. The van der Waals surface area contributed by atoms with Gasteiger partial charge in [0.1, 0.15) is 0 Å². The molecule has 28 heavy (non-hydrogen) atoms. The lowest BCUT2D eigenvalue weighted by Crippen LogP contribution is -2.40. The standard InChI is InChI=1S/C18H18F3N5O2/c1-2-9-25(12-15-4-3-10-28-15)17(27)23-13-5-7-14(8-6-13)26-16(11-22-24-26)18(19,20)21/h1,5-8,11,15H,3-4,9-10,12H2,(H,23,27)/t15-/m1/s1. The van der Waals surface area contributed by atoms with Crippen molar-refractivity contribution in [3.05, 3.63) is 36.2 Å². The Labute approximate surface area is 159 Å². The highest BCUT2D eigenvalue weighted by Gasteiger charge is 2.36. The van der Waals surface area contributed by atoms with E-state index in [0.29, 0.717) is 29.7 Å². The van der Waals surface area contributed by atoms with E-state index >= 15 is 0 Å². The topological polar surface area (TPSA) is 72.3 Å². The van der Waals surface area contributed by atoms with Crippen molar-refractivity contribution >= 4 is 11.7 Å². The van der Waals surface area contributed by atoms with E-state index in [2.05, 4.69) is 21.5 Å². The highest BCUT2D eigenvalue weighted by Crippen LogP contribution is 2.30. The van der Waals surface area contributed by atoms with Crippen LogP contribution in [-0.4, -0.2) is 51.7 Å². The first-order valence-electron chi connectivity index (χ1n) is 8.58. The lowest BCUT2D eigenvalue weighted by Gasteiger charge is -2.23. The third-order valence-corrected chi connectivity index (χ3v) is 4.22. The van der Waals surface area contributed by atoms with E-state index in [4.69, 9.17) is 11.2 Å². The molecule has 0 unspecified atom stereocenters. The number of hydrogen-bond acceptors (Lipinski definition) is 4. The Morgan fingerprint density at radius 3 is 2.75 bits per heavy atom. The minimum atomic E-state index is -4.57. The number of rotatable bonds is 5. The van der Waals surface area contributed by atoms with E-state index in [9.17, 15) is 18.0 Å². The van der Waals surface area contributed by atoms with Crippen molar-refractivity contribution in [3.63, 3.8) is 0 Å². The molecule has 0 radical (unpaired) electrons. The molecule has 1 aromatic carbocycles. The maximum absolute atomic E-state index is 13.0. The number of nitrogens with one attached hydrogen (secondary N) is 1. The Balaban J connectivity index is 1.68. The predicted octanol–water partition coefficient (Wildman–Crippen LogP) is 2.93. The maximum atomic E-state index is 13.0. The van der Waals surface area contributed by atoms with Crippen molar-refractivity contribution < 1.29 is 22.7 Å². The summed E-state index contributed by atoms with van der Waals surface area (Å²) >= 11 is 0. The van der Waals surface area contributed by atoms with Crippen molar-refractivity contribution in [1.82, 2.24) is 19.9 Å². The van der Waals surface area contributed by atoms with Gasteiger partial charge in [-0.05, 0) is 37.1 Å². The molecular formula is C18H18F3N5O2. The summed E-state index contributed by atoms with van der Waals surface area (Å²) in [6.45, 7) is 1.17. The van der Waals surface area contributed by atoms with Crippen molar-refractivity contribution in [2.75, 3.05) is 25.0 Å². The highest BCUT2D eigenvalue weighted by molar-refractivity contribution is 5.89. The second-order valence-electron chi connectivity index (χ2n) is 6.23. The molecule has 0 spiro atoms. The second kappa shape index (κ2) is 8.31. The molecule has 1 saturated heterocycles. The number of alkyl halides is 3. The van der Waals surface area contributed by atoms with Crippen LogP contribution in [-0.2, 0) is 10.9 Å². The Hall–Kier alpha value is -3.06. The van der Waals surface area contributed by atoms with E-state index in [1.807, 2.05) is 0 Å². The number of nitrogens with zero attached hydrogens (tertiary/aromatic N) is 4. The van der Waals surface area contributed by atoms with E-state index in [1.165, 1.54) is 29.2 Å². The fraction of sp³-hybridized carbons (Fsp3) is 0.389. The van der Waals surface area contributed by atoms with Crippen LogP contribution in [0, 0.1) is 12.3 Å². The van der Waals surface area contributed by atoms with Gasteiger partial charge in [0.05, 0.1) is 24.5 Å². The molecule has 1 aliphatic rings. The maximum Gasteiger partial charge on any atom is 0.435 e. The van der Waals surface area contributed by atoms with E-state index in [1.54, 1.807) is 0 Å². The number of terminal acetylenes is 1. The lowest BCUT2D eigenvalue weighted by molar-refractivity contribution is -0.142. The van der Waals surface area contributed by atoms with Gasteiger partial charge in [-0.2, -0.15) is 13.2 Å². The normalized spacial score (nSPS) is 16.6. The van der Waals surface area contributed by atoms with Crippen LogP contribution in [0.15, 0.2) is 30.5 Å². The number of aromatic nitrogens is 3. The Morgan fingerprint density at radius 1 is 1.39 bits per heavy atom. The number of anilines is 1. The molecule has 1 atom stereocenters. The average molecular weight is 393 g/mol. The summed E-state index contributed by atoms with van der Waals surface area (Å²) in [7, 11) is 0. The zero-order valence-electron chi connectivity index (χ0n) is 14.8. The van der Waals surface area contributed by atoms with Crippen LogP contribution >= 0.6 is 0 Å². The summed E-state index contributed by atoms with van der Waals surface area (Å²) in [6.07, 6.45) is 3.18. The smallest absolute Gasteiger partial charge is 0.376 e. The van der Waals surface area contributed by atoms with Gasteiger partial charge in [0.2, 0.25) is 0 Å². The average Bonchev–Trinajstić information content (AvgIpc) is 3.33. The monoisotopic (exact) mass is 393 g/mol. The van der Waals surface area contributed by atoms with Crippen LogP contribution in [0.2, 0.25) is 0 Å². The van der Waals surface area contributed by atoms with Gasteiger partial charge < -0.3 is 15.0 Å². The number of benzene rings is 1. The molecule has 0 aliphatic carbocycles. The summed E-state index contributed by atoms with van der Waals surface area (Å²) in [4.78, 5) is 13.9. The molecule has 2 heterocycles. The molecule has 0 saturated carbocycles. The first-order chi connectivity index (χ1) is 13.4. The quantitative estimate of drug-likeness (QED) is 0.793. The van der Waals surface area contributed by atoms with Crippen LogP contribution in [0.25, 0.3) is 5.69 Å². The largest absolute Gasteiger partial charge is 0.435 e. The number of halogens is 3. The van der Waals surface area contributed by atoms with Crippen LogP contribution in [0.5, 0.6) is 0 Å². The number of hydrogen-bond donors (Lipinski definition) is 1. The Morgan fingerprint density at radius 2 is 2.14 bits per heavy atom. The molecule has 1 N–H and O–H groups in total. The van der Waals surface area contributed by atoms with Gasteiger partial charge in [0, 0.05) is 18.8 Å². The number of urea groups is 1. The molecule has 2 aromatic rings. The predicted molar refractivity (Wildman–Crippen MR) is 94.8 cm³/mol. The number of carbonyl (C=O) groups is 1. The fourth-order valence-corrected chi connectivity index (χ4v) is 2.87. The summed E-state index contributed by atoms with van der Waals surface area (Å²) in [5.41, 5.74) is -0.402. The van der Waals surface area contributed by atoms with E-state index in [0.717, 1.165) is 12.8 Å². The minimum absolute atomic E-state index is 0.0467. The minimum Gasteiger partial charge on any atom is -0.376 e. The first-order valence-corrected chi connectivity index (χ1v) is 8.58. The third-order valence-electron chi connectivity index (χ3n) is 4.22. The highest BCUT2D eigenvalue weighted by atomic mass is 19.4.